The minimum Gasteiger partial charge on any atom is -0.332 e. The summed E-state index contributed by atoms with van der Waals surface area (Å²) in [6, 6.07) is 5.73. The van der Waals surface area contributed by atoms with Crippen LogP contribution in [0.1, 0.15) is 34.4 Å². The topological polar surface area (TPSA) is 73.9 Å². The second-order valence-electron chi connectivity index (χ2n) is 5.10. The number of H-pyrrole nitrogens is 1. The molecular formula is C15H20ClN5O. The van der Waals surface area contributed by atoms with Gasteiger partial charge in [0.25, 0.3) is 5.91 Å². The van der Waals surface area contributed by atoms with Gasteiger partial charge in [-0.15, -0.1) is 12.4 Å². The zero-order valence-corrected chi connectivity index (χ0v) is 13.3. The molecule has 0 spiro atoms. The number of hydrogen-bond acceptors (Lipinski definition) is 4. The molecule has 0 radical (unpaired) electrons. The lowest BCUT2D eigenvalue weighted by atomic mass is 10.1. The number of carbonyl (C=O) groups is 1. The van der Waals surface area contributed by atoms with Crippen molar-refractivity contribution in [1.29, 1.82) is 0 Å². The number of amides is 1. The predicted molar refractivity (Wildman–Crippen MR) is 85.9 cm³/mol. The number of rotatable bonds is 4. The summed E-state index contributed by atoms with van der Waals surface area (Å²) in [5, 5.41) is 10.5. The molecule has 0 aromatic carbocycles. The number of halogens is 1. The molecule has 6 nitrogen and oxygen atoms in total. The third-order valence-corrected chi connectivity index (χ3v) is 3.76. The van der Waals surface area contributed by atoms with E-state index in [1.807, 2.05) is 25.1 Å². The number of pyridine rings is 1. The molecule has 0 saturated carbocycles. The second kappa shape index (κ2) is 7.38. The van der Waals surface area contributed by atoms with Crippen LogP contribution in [0.3, 0.4) is 0 Å². The average Bonchev–Trinajstić information content (AvgIpc) is 2.97. The van der Waals surface area contributed by atoms with Crippen molar-refractivity contribution in [2.75, 3.05) is 13.1 Å². The summed E-state index contributed by atoms with van der Waals surface area (Å²) in [6.45, 7) is 4.73. The minimum absolute atomic E-state index is 0. The van der Waals surface area contributed by atoms with Gasteiger partial charge in [0.1, 0.15) is 0 Å². The molecule has 0 atom stereocenters. The summed E-state index contributed by atoms with van der Waals surface area (Å²) < 4.78 is 0. The first-order chi connectivity index (χ1) is 10.3. The van der Waals surface area contributed by atoms with Gasteiger partial charge in [0.2, 0.25) is 0 Å². The monoisotopic (exact) mass is 321 g/mol. The van der Waals surface area contributed by atoms with E-state index in [2.05, 4.69) is 20.5 Å². The summed E-state index contributed by atoms with van der Waals surface area (Å²) in [5.74, 6) is -0.0376. The van der Waals surface area contributed by atoms with Crippen LogP contribution in [-0.2, 0) is 19.5 Å². The van der Waals surface area contributed by atoms with E-state index < -0.39 is 0 Å². The van der Waals surface area contributed by atoms with Gasteiger partial charge in [-0.25, -0.2) is 0 Å². The van der Waals surface area contributed by atoms with Crippen LogP contribution in [0, 0.1) is 0 Å². The molecule has 0 aliphatic carbocycles. The lowest BCUT2D eigenvalue weighted by Crippen LogP contribution is -2.33. The van der Waals surface area contributed by atoms with Crippen molar-refractivity contribution in [3.05, 3.63) is 47.0 Å². The van der Waals surface area contributed by atoms with E-state index in [1.165, 1.54) is 0 Å². The summed E-state index contributed by atoms with van der Waals surface area (Å²) in [7, 11) is 0. The highest BCUT2D eigenvalue weighted by Gasteiger charge is 2.25. The molecular weight excluding hydrogens is 302 g/mol. The number of nitrogens with zero attached hydrogens (tertiary/aromatic N) is 3. The van der Waals surface area contributed by atoms with Gasteiger partial charge in [-0.3, -0.25) is 14.9 Å². The molecule has 7 heteroatoms. The van der Waals surface area contributed by atoms with Crippen molar-refractivity contribution >= 4 is 18.3 Å². The molecule has 3 rings (SSSR count). The van der Waals surface area contributed by atoms with Gasteiger partial charge in [0.15, 0.2) is 5.69 Å². The number of hydrogen-bond donors (Lipinski definition) is 2. The Morgan fingerprint density at radius 1 is 1.41 bits per heavy atom. The van der Waals surface area contributed by atoms with E-state index in [1.54, 1.807) is 11.1 Å². The largest absolute Gasteiger partial charge is 0.332 e. The summed E-state index contributed by atoms with van der Waals surface area (Å²) in [5.41, 5.74) is 3.50. The molecule has 1 amide bonds. The maximum Gasteiger partial charge on any atom is 0.275 e. The Balaban J connectivity index is 0.00000176. The number of aromatic amines is 1. The molecule has 3 heterocycles. The predicted octanol–water partition coefficient (Wildman–Crippen LogP) is 1.53. The third-order valence-electron chi connectivity index (χ3n) is 3.76. The highest BCUT2D eigenvalue weighted by atomic mass is 35.5. The van der Waals surface area contributed by atoms with Crippen LogP contribution in [0.2, 0.25) is 0 Å². The van der Waals surface area contributed by atoms with Crippen LogP contribution in [0.25, 0.3) is 0 Å². The number of aromatic nitrogens is 3. The quantitative estimate of drug-likeness (QED) is 0.895. The Labute approximate surface area is 135 Å². The number of nitrogens with one attached hydrogen (secondary N) is 2. The summed E-state index contributed by atoms with van der Waals surface area (Å²) >= 11 is 0. The lowest BCUT2D eigenvalue weighted by Gasteiger charge is -2.21. The molecule has 2 N–H and O–H groups in total. The van der Waals surface area contributed by atoms with E-state index in [0.717, 1.165) is 29.9 Å². The molecule has 0 saturated heterocycles. The van der Waals surface area contributed by atoms with Crippen molar-refractivity contribution in [3.63, 3.8) is 0 Å². The molecule has 118 valence electrons. The molecule has 0 bridgehead atoms. The van der Waals surface area contributed by atoms with E-state index in [0.29, 0.717) is 25.3 Å². The highest BCUT2D eigenvalue weighted by Crippen LogP contribution is 2.17. The van der Waals surface area contributed by atoms with Crippen molar-refractivity contribution in [2.24, 2.45) is 0 Å². The van der Waals surface area contributed by atoms with E-state index in [-0.39, 0.29) is 18.3 Å². The zero-order valence-electron chi connectivity index (χ0n) is 12.5. The van der Waals surface area contributed by atoms with Gasteiger partial charge in [0, 0.05) is 43.5 Å². The first kappa shape index (κ1) is 16.5. The summed E-state index contributed by atoms with van der Waals surface area (Å²) in [6.07, 6.45) is 2.63. The maximum absolute atomic E-state index is 12.7. The van der Waals surface area contributed by atoms with Gasteiger partial charge in [0.05, 0.1) is 12.2 Å². The Morgan fingerprint density at radius 3 is 3.00 bits per heavy atom. The fraction of sp³-hybridized carbons (Fsp3) is 0.400. The first-order valence-corrected chi connectivity index (χ1v) is 7.25. The van der Waals surface area contributed by atoms with Gasteiger partial charge in [-0.1, -0.05) is 6.07 Å². The number of carbonyl (C=O) groups excluding carboxylic acids is 1. The molecule has 0 unspecified atom stereocenters. The molecule has 1 aliphatic heterocycles. The van der Waals surface area contributed by atoms with Crippen LogP contribution >= 0.6 is 12.4 Å². The first-order valence-electron chi connectivity index (χ1n) is 7.25. The van der Waals surface area contributed by atoms with Gasteiger partial charge < -0.3 is 10.2 Å². The van der Waals surface area contributed by atoms with E-state index in [4.69, 9.17) is 0 Å². The van der Waals surface area contributed by atoms with Crippen LogP contribution < -0.4 is 5.32 Å². The Bertz CT molecular complexity index is 628. The smallest absolute Gasteiger partial charge is 0.275 e. The van der Waals surface area contributed by atoms with Crippen LogP contribution in [-0.4, -0.2) is 39.1 Å². The van der Waals surface area contributed by atoms with Crippen molar-refractivity contribution in [1.82, 2.24) is 25.4 Å². The van der Waals surface area contributed by atoms with Crippen LogP contribution in [0.4, 0.5) is 0 Å². The van der Waals surface area contributed by atoms with Crippen LogP contribution in [0.15, 0.2) is 24.4 Å². The second-order valence-corrected chi connectivity index (χ2v) is 5.10. The van der Waals surface area contributed by atoms with Gasteiger partial charge in [-0.2, -0.15) is 5.10 Å². The standard InChI is InChI=1S/C15H19N5O.ClH/c1-2-20(10-11-5-3-4-7-17-11)15(21)14-12-9-16-8-6-13(12)18-19-14;/h3-5,7,16H,2,6,8-10H2,1H3,(H,18,19);1H. The normalized spacial score (nSPS) is 13.1. The Morgan fingerprint density at radius 2 is 2.27 bits per heavy atom. The molecule has 2 aromatic rings. The fourth-order valence-corrected chi connectivity index (χ4v) is 2.57. The molecule has 22 heavy (non-hydrogen) atoms. The molecule has 0 fully saturated rings. The number of fused-ring (bicyclic) bond motifs is 1. The average molecular weight is 322 g/mol. The van der Waals surface area contributed by atoms with Crippen LogP contribution in [0.5, 0.6) is 0 Å². The fourth-order valence-electron chi connectivity index (χ4n) is 2.57. The SMILES string of the molecule is CCN(Cc1ccccn1)C(=O)c1n[nH]c2c1CNCC2.Cl. The lowest BCUT2D eigenvalue weighted by molar-refractivity contribution is 0.0743. The van der Waals surface area contributed by atoms with Crippen molar-refractivity contribution in [3.8, 4) is 0 Å². The van der Waals surface area contributed by atoms with E-state index in [9.17, 15) is 4.79 Å². The van der Waals surface area contributed by atoms with E-state index >= 15 is 0 Å². The van der Waals surface area contributed by atoms with Gasteiger partial charge in [-0.05, 0) is 19.1 Å². The minimum atomic E-state index is -0.0376. The Hall–Kier alpha value is -1.92. The van der Waals surface area contributed by atoms with Crippen molar-refractivity contribution in [2.45, 2.75) is 26.4 Å². The zero-order chi connectivity index (χ0) is 14.7. The third kappa shape index (κ3) is 3.28. The molecule has 2 aromatic heterocycles. The maximum atomic E-state index is 12.7. The Kier molecular flexibility index (Phi) is 5.51. The highest BCUT2D eigenvalue weighted by molar-refractivity contribution is 5.94. The van der Waals surface area contributed by atoms with Gasteiger partial charge >= 0.3 is 0 Å². The van der Waals surface area contributed by atoms with Crippen molar-refractivity contribution < 1.29 is 4.79 Å². The molecule has 1 aliphatic rings. The summed E-state index contributed by atoms with van der Waals surface area (Å²) in [4.78, 5) is 18.8.